The molecule has 0 spiro atoms. The maximum Gasteiger partial charge on any atom is 0.266 e. The van der Waals surface area contributed by atoms with Crippen LogP contribution < -0.4 is 22.1 Å². The largest absolute Gasteiger partial charge is 0.370 e. The van der Waals surface area contributed by atoms with Crippen molar-refractivity contribution in [3.05, 3.63) is 59.7 Å². The average Bonchev–Trinajstić information content (AvgIpc) is 2.79. The number of amides is 2. The molecule has 2 aromatic carbocycles. The number of guanidine groups is 2. The van der Waals surface area contributed by atoms with E-state index in [4.69, 9.17) is 17.2 Å². The zero-order valence-electron chi connectivity index (χ0n) is 12.5. The molecule has 24 heavy (non-hydrogen) atoms. The summed E-state index contributed by atoms with van der Waals surface area (Å²) in [4.78, 5) is 33.9. The second kappa shape index (κ2) is 5.84. The predicted molar refractivity (Wildman–Crippen MR) is 91.1 cm³/mol. The van der Waals surface area contributed by atoms with Gasteiger partial charge in [0, 0.05) is 0 Å². The number of imide groups is 1. The number of fused-ring (bicyclic) bond motifs is 1. The Labute approximate surface area is 137 Å². The smallest absolute Gasteiger partial charge is 0.266 e. The van der Waals surface area contributed by atoms with E-state index in [2.05, 4.69) is 9.98 Å². The minimum Gasteiger partial charge on any atom is -0.370 e. The lowest BCUT2D eigenvalue weighted by atomic mass is 10.1. The number of carbonyl (C=O) groups excluding carboxylic acids is 2. The van der Waals surface area contributed by atoms with Crippen LogP contribution in [0.2, 0.25) is 0 Å². The minimum absolute atomic E-state index is 0.181. The van der Waals surface area contributed by atoms with Gasteiger partial charge in [-0.15, -0.1) is 0 Å². The Bertz CT molecular complexity index is 864. The van der Waals surface area contributed by atoms with Crippen molar-refractivity contribution in [3.63, 3.8) is 0 Å². The SMILES string of the molecule is NC(N)=NC(N)=Nc1ccccc1N1C(=O)c2ccccc2C1=O. The predicted octanol–water partition coefficient (Wildman–Crippen LogP) is 0.707. The molecular weight excluding hydrogens is 308 g/mol. The van der Waals surface area contributed by atoms with Gasteiger partial charge < -0.3 is 17.2 Å². The molecule has 1 heterocycles. The maximum atomic E-state index is 12.6. The second-order valence-electron chi connectivity index (χ2n) is 4.99. The van der Waals surface area contributed by atoms with Gasteiger partial charge in [0.25, 0.3) is 11.8 Å². The number of hydrogen-bond donors (Lipinski definition) is 3. The fourth-order valence-corrected chi connectivity index (χ4v) is 2.44. The van der Waals surface area contributed by atoms with Crippen LogP contribution in [0.4, 0.5) is 11.4 Å². The molecule has 0 radical (unpaired) electrons. The highest BCUT2D eigenvalue weighted by atomic mass is 16.2. The van der Waals surface area contributed by atoms with Crippen LogP contribution in [0, 0.1) is 0 Å². The summed E-state index contributed by atoms with van der Waals surface area (Å²) in [6.07, 6.45) is 0. The number of para-hydroxylation sites is 2. The third kappa shape index (κ3) is 2.56. The molecule has 8 nitrogen and oxygen atoms in total. The molecule has 1 aliphatic rings. The molecule has 0 bridgehead atoms. The normalized spacial score (nSPS) is 13.8. The molecule has 0 saturated carbocycles. The van der Waals surface area contributed by atoms with E-state index in [1.54, 1.807) is 48.5 Å². The maximum absolute atomic E-state index is 12.6. The third-order valence-corrected chi connectivity index (χ3v) is 3.40. The molecule has 0 aliphatic carbocycles. The lowest BCUT2D eigenvalue weighted by Gasteiger charge is -2.16. The van der Waals surface area contributed by atoms with Gasteiger partial charge in [0.1, 0.15) is 0 Å². The second-order valence-corrected chi connectivity index (χ2v) is 4.99. The summed E-state index contributed by atoms with van der Waals surface area (Å²) in [6, 6.07) is 13.2. The number of hydrogen-bond acceptors (Lipinski definition) is 3. The van der Waals surface area contributed by atoms with Gasteiger partial charge in [-0.3, -0.25) is 9.59 Å². The monoisotopic (exact) mass is 322 g/mol. The summed E-state index contributed by atoms with van der Waals surface area (Å²) < 4.78 is 0. The fourth-order valence-electron chi connectivity index (χ4n) is 2.44. The number of aliphatic imine (C=N–C) groups is 2. The van der Waals surface area contributed by atoms with Crippen molar-refractivity contribution < 1.29 is 9.59 Å². The van der Waals surface area contributed by atoms with Crippen LogP contribution in [-0.4, -0.2) is 23.7 Å². The van der Waals surface area contributed by atoms with E-state index in [0.717, 1.165) is 4.90 Å². The van der Waals surface area contributed by atoms with E-state index >= 15 is 0 Å². The van der Waals surface area contributed by atoms with Crippen molar-refractivity contribution >= 4 is 35.1 Å². The number of benzene rings is 2. The Kier molecular flexibility index (Phi) is 3.70. The summed E-state index contributed by atoms with van der Waals surface area (Å²) >= 11 is 0. The molecule has 8 heteroatoms. The summed E-state index contributed by atoms with van der Waals surface area (Å²) in [5.74, 6) is -1.26. The van der Waals surface area contributed by atoms with E-state index in [-0.39, 0.29) is 11.9 Å². The first-order valence-electron chi connectivity index (χ1n) is 6.99. The van der Waals surface area contributed by atoms with Gasteiger partial charge in [0.15, 0.2) is 5.96 Å². The van der Waals surface area contributed by atoms with Gasteiger partial charge in [-0.25, -0.2) is 9.89 Å². The van der Waals surface area contributed by atoms with Crippen molar-refractivity contribution in [1.29, 1.82) is 0 Å². The van der Waals surface area contributed by atoms with Gasteiger partial charge >= 0.3 is 0 Å². The third-order valence-electron chi connectivity index (χ3n) is 3.40. The van der Waals surface area contributed by atoms with Crippen molar-refractivity contribution in [2.24, 2.45) is 27.2 Å². The molecule has 120 valence electrons. The van der Waals surface area contributed by atoms with Gasteiger partial charge in [0.2, 0.25) is 5.96 Å². The summed E-state index contributed by atoms with van der Waals surface area (Å²) in [5.41, 5.74) is 17.5. The molecule has 0 aromatic heterocycles. The molecule has 2 amide bonds. The van der Waals surface area contributed by atoms with Gasteiger partial charge in [-0.05, 0) is 24.3 Å². The molecule has 0 saturated heterocycles. The molecule has 0 atom stereocenters. The highest BCUT2D eigenvalue weighted by Gasteiger charge is 2.37. The van der Waals surface area contributed by atoms with Crippen LogP contribution in [0.15, 0.2) is 58.5 Å². The van der Waals surface area contributed by atoms with Gasteiger partial charge in [-0.1, -0.05) is 24.3 Å². The fraction of sp³-hybridized carbons (Fsp3) is 0. The summed E-state index contributed by atoms with van der Waals surface area (Å²) in [5, 5.41) is 0. The van der Waals surface area contributed by atoms with Gasteiger partial charge in [0.05, 0.1) is 22.5 Å². The van der Waals surface area contributed by atoms with Crippen molar-refractivity contribution in [2.45, 2.75) is 0 Å². The number of carbonyl (C=O) groups is 2. The summed E-state index contributed by atoms with van der Waals surface area (Å²) in [7, 11) is 0. The van der Waals surface area contributed by atoms with Crippen LogP contribution in [0.5, 0.6) is 0 Å². The van der Waals surface area contributed by atoms with Crippen LogP contribution >= 0.6 is 0 Å². The standard InChI is InChI=1S/C16H14N6O2/c17-15(18)21-16(19)20-11-7-3-4-8-12(11)22-13(23)9-5-1-2-6-10(9)14(22)24/h1-8H,(H6,17,18,19,20,21). The zero-order valence-corrected chi connectivity index (χ0v) is 12.5. The molecular formula is C16H14N6O2. The molecule has 6 N–H and O–H groups in total. The van der Waals surface area contributed by atoms with Crippen molar-refractivity contribution in [1.82, 2.24) is 0 Å². The number of rotatable bonds is 2. The highest BCUT2D eigenvalue weighted by molar-refractivity contribution is 6.35. The Morgan fingerprint density at radius 1 is 0.833 bits per heavy atom. The Balaban J connectivity index is 2.08. The average molecular weight is 322 g/mol. The molecule has 2 aromatic rings. The van der Waals surface area contributed by atoms with Gasteiger partial charge in [-0.2, -0.15) is 4.99 Å². The van der Waals surface area contributed by atoms with Crippen LogP contribution in [-0.2, 0) is 0 Å². The lowest BCUT2D eigenvalue weighted by Crippen LogP contribution is -2.29. The van der Waals surface area contributed by atoms with E-state index < -0.39 is 11.8 Å². The van der Waals surface area contributed by atoms with E-state index in [0.29, 0.717) is 22.5 Å². The molecule has 0 fully saturated rings. The first-order valence-corrected chi connectivity index (χ1v) is 6.99. The molecule has 0 unspecified atom stereocenters. The molecule has 1 aliphatic heterocycles. The Morgan fingerprint density at radius 2 is 1.38 bits per heavy atom. The van der Waals surface area contributed by atoms with Crippen LogP contribution in [0.3, 0.4) is 0 Å². The first kappa shape index (κ1) is 15.2. The van der Waals surface area contributed by atoms with E-state index in [1.165, 1.54) is 0 Å². The quantitative estimate of drug-likeness (QED) is 0.424. The first-order chi connectivity index (χ1) is 11.5. The van der Waals surface area contributed by atoms with Crippen molar-refractivity contribution in [3.8, 4) is 0 Å². The summed E-state index contributed by atoms with van der Waals surface area (Å²) in [6.45, 7) is 0. The van der Waals surface area contributed by atoms with Crippen LogP contribution in [0.1, 0.15) is 20.7 Å². The number of anilines is 1. The zero-order chi connectivity index (χ0) is 17.3. The van der Waals surface area contributed by atoms with Crippen molar-refractivity contribution in [2.75, 3.05) is 4.90 Å². The highest BCUT2D eigenvalue weighted by Crippen LogP contribution is 2.34. The minimum atomic E-state index is -0.418. The number of nitrogens with zero attached hydrogens (tertiary/aromatic N) is 3. The molecule has 3 rings (SSSR count). The van der Waals surface area contributed by atoms with E-state index in [9.17, 15) is 9.59 Å². The van der Waals surface area contributed by atoms with E-state index in [1.807, 2.05) is 0 Å². The Hall–Kier alpha value is -3.68. The lowest BCUT2D eigenvalue weighted by molar-refractivity contribution is 0.0926. The topological polar surface area (TPSA) is 140 Å². The Morgan fingerprint density at radius 3 is 1.96 bits per heavy atom. The van der Waals surface area contributed by atoms with Crippen LogP contribution in [0.25, 0.3) is 0 Å². The number of nitrogens with two attached hydrogens (primary N) is 3.